The van der Waals surface area contributed by atoms with Gasteiger partial charge in [0.15, 0.2) is 0 Å². The van der Waals surface area contributed by atoms with Crippen LogP contribution in [0.15, 0.2) is 0 Å². The van der Waals surface area contributed by atoms with Gasteiger partial charge in [0.1, 0.15) is 5.60 Å². The maximum Gasteiger partial charge on any atom is 0.307 e. The van der Waals surface area contributed by atoms with Crippen LogP contribution in [0.25, 0.3) is 0 Å². The number of aliphatic hydroxyl groups is 1. The van der Waals surface area contributed by atoms with Gasteiger partial charge in [-0.3, -0.25) is 4.79 Å². The van der Waals surface area contributed by atoms with E-state index in [-0.39, 0.29) is 25.0 Å². The Morgan fingerprint density at radius 3 is 2.16 bits per heavy atom. The summed E-state index contributed by atoms with van der Waals surface area (Å²) in [5.41, 5.74) is -0.538. The molecule has 19 heavy (non-hydrogen) atoms. The van der Waals surface area contributed by atoms with E-state index in [9.17, 15) is 9.00 Å². The highest BCUT2D eigenvalue weighted by molar-refractivity contribution is 7.84. The fraction of sp³-hybridized carbons (Fsp3) is 0.923. The van der Waals surface area contributed by atoms with Gasteiger partial charge in [0.2, 0.25) is 0 Å². The number of ether oxygens (including phenoxy) is 1. The summed E-state index contributed by atoms with van der Waals surface area (Å²) >= 11 is 0. The van der Waals surface area contributed by atoms with Crippen molar-refractivity contribution in [1.29, 1.82) is 0 Å². The van der Waals surface area contributed by atoms with Crippen molar-refractivity contribution in [3.63, 3.8) is 0 Å². The SMILES string of the molecule is CC(C)(C)OC(=O)C[C@@H](CCO)N[S@](=O)C(C)(C)C. The van der Waals surface area contributed by atoms with Gasteiger partial charge in [0.25, 0.3) is 0 Å². The average Bonchev–Trinajstić information content (AvgIpc) is 2.12. The fourth-order valence-electron chi connectivity index (χ4n) is 1.27. The third-order valence-corrected chi connectivity index (χ3v) is 3.80. The lowest BCUT2D eigenvalue weighted by Crippen LogP contribution is -2.42. The largest absolute Gasteiger partial charge is 0.460 e. The molecule has 0 unspecified atom stereocenters. The Labute approximate surface area is 118 Å². The van der Waals surface area contributed by atoms with Crippen molar-refractivity contribution in [2.24, 2.45) is 0 Å². The Morgan fingerprint density at radius 1 is 1.26 bits per heavy atom. The second-order valence-corrected chi connectivity index (χ2v) is 8.50. The first-order chi connectivity index (χ1) is 8.45. The molecule has 2 N–H and O–H groups in total. The molecule has 0 heterocycles. The summed E-state index contributed by atoms with van der Waals surface area (Å²) in [5, 5.41) is 9.01. The van der Waals surface area contributed by atoms with Crippen LogP contribution in [0, 0.1) is 0 Å². The summed E-state index contributed by atoms with van der Waals surface area (Å²) < 4.78 is 19.7. The number of rotatable bonds is 6. The van der Waals surface area contributed by atoms with Crippen LogP contribution in [0.2, 0.25) is 0 Å². The Kier molecular flexibility index (Phi) is 7.18. The van der Waals surface area contributed by atoms with Gasteiger partial charge in [-0.25, -0.2) is 8.93 Å². The number of esters is 1. The first kappa shape index (κ1) is 18.5. The second-order valence-electron chi connectivity index (χ2n) is 6.50. The predicted molar refractivity (Wildman–Crippen MR) is 77.0 cm³/mol. The summed E-state index contributed by atoms with van der Waals surface area (Å²) in [6.45, 7) is 10.9. The molecule has 0 rings (SSSR count). The second kappa shape index (κ2) is 7.36. The Balaban J connectivity index is 4.50. The van der Waals surface area contributed by atoms with Crippen molar-refractivity contribution in [3.8, 4) is 0 Å². The van der Waals surface area contributed by atoms with E-state index in [4.69, 9.17) is 9.84 Å². The van der Waals surface area contributed by atoms with Gasteiger partial charge in [-0.1, -0.05) is 0 Å². The molecule has 0 aliphatic rings. The van der Waals surface area contributed by atoms with E-state index in [1.807, 2.05) is 20.8 Å². The molecule has 114 valence electrons. The molecular formula is C13H27NO4S. The van der Waals surface area contributed by atoms with Crippen LogP contribution in [0.3, 0.4) is 0 Å². The first-order valence-corrected chi connectivity index (χ1v) is 7.61. The van der Waals surface area contributed by atoms with Crippen LogP contribution >= 0.6 is 0 Å². The van der Waals surface area contributed by atoms with Crippen LogP contribution in [-0.2, 0) is 20.5 Å². The van der Waals surface area contributed by atoms with Gasteiger partial charge < -0.3 is 9.84 Å². The highest BCUT2D eigenvalue weighted by Crippen LogP contribution is 2.13. The van der Waals surface area contributed by atoms with Crippen molar-refractivity contribution in [2.45, 2.75) is 70.8 Å². The van der Waals surface area contributed by atoms with Gasteiger partial charge in [-0.15, -0.1) is 0 Å². The lowest BCUT2D eigenvalue weighted by atomic mass is 10.1. The van der Waals surface area contributed by atoms with Gasteiger partial charge in [0, 0.05) is 12.6 Å². The molecule has 0 saturated carbocycles. The zero-order chi connectivity index (χ0) is 15.3. The van der Waals surface area contributed by atoms with E-state index in [0.717, 1.165) is 0 Å². The van der Waals surface area contributed by atoms with E-state index in [1.54, 1.807) is 20.8 Å². The van der Waals surface area contributed by atoms with Crippen molar-refractivity contribution >= 4 is 17.0 Å². The number of carbonyl (C=O) groups excluding carboxylic acids is 1. The number of hydrogen-bond acceptors (Lipinski definition) is 4. The van der Waals surface area contributed by atoms with Crippen molar-refractivity contribution in [2.75, 3.05) is 6.61 Å². The van der Waals surface area contributed by atoms with Gasteiger partial charge in [-0.2, -0.15) is 0 Å². The van der Waals surface area contributed by atoms with Crippen LogP contribution in [-0.4, -0.2) is 38.3 Å². The van der Waals surface area contributed by atoms with Crippen LogP contribution in [0.4, 0.5) is 0 Å². The van der Waals surface area contributed by atoms with Crippen molar-refractivity contribution in [1.82, 2.24) is 4.72 Å². The highest BCUT2D eigenvalue weighted by atomic mass is 32.2. The maximum absolute atomic E-state index is 12.0. The predicted octanol–water partition coefficient (Wildman–Crippen LogP) is 1.52. The monoisotopic (exact) mass is 293 g/mol. The number of nitrogens with one attached hydrogen (secondary N) is 1. The maximum atomic E-state index is 12.0. The lowest BCUT2D eigenvalue weighted by Gasteiger charge is -2.25. The zero-order valence-electron chi connectivity index (χ0n) is 12.8. The number of carbonyl (C=O) groups is 1. The topological polar surface area (TPSA) is 75.6 Å². The summed E-state index contributed by atoms with van der Waals surface area (Å²) in [7, 11) is -1.28. The fourth-order valence-corrected chi connectivity index (χ4v) is 2.13. The van der Waals surface area contributed by atoms with E-state index in [2.05, 4.69) is 4.72 Å². The van der Waals surface area contributed by atoms with Gasteiger partial charge in [0.05, 0.1) is 22.2 Å². The number of hydrogen-bond donors (Lipinski definition) is 2. The van der Waals surface area contributed by atoms with E-state index in [1.165, 1.54) is 0 Å². The summed E-state index contributed by atoms with van der Waals surface area (Å²) in [5.74, 6) is -0.357. The molecule has 5 nitrogen and oxygen atoms in total. The molecule has 0 aromatic rings. The molecule has 0 aromatic heterocycles. The molecule has 0 aromatic carbocycles. The third-order valence-electron chi connectivity index (χ3n) is 2.14. The standard InChI is InChI=1S/C13H27NO4S/c1-12(2,3)18-11(16)9-10(7-8-15)14-19(17)13(4,5)6/h10,14-15H,7-9H2,1-6H3/t10-,19-/m1/s1. The highest BCUT2D eigenvalue weighted by Gasteiger charge is 2.25. The van der Waals surface area contributed by atoms with E-state index < -0.39 is 21.3 Å². The number of aliphatic hydroxyl groups excluding tert-OH is 1. The average molecular weight is 293 g/mol. The molecule has 6 heteroatoms. The minimum atomic E-state index is -1.28. The minimum Gasteiger partial charge on any atom is -0.460 e. The molecule has 0 fully saturated rings. The molecule has 0 bridgehead atoms. The summed E-state index contributed by atoms with van der Waals surface area (Å²) in [6, 6.07) is -0.347. The molecule has 0 spiro atoms. The lowest BCUT2D eigenvalue weighted by molar-refractivity contribution is -0.155. The van der Waals surface area contributed by atoms with Crippen LogP contribution in [0.5, 0.6) is 0 Å². The minimum absolute atomic E-state index is 0.0677. The van der Waals surface area contributed by atoms with Gasteiger partial charge in [-0.05, 0) is 48.0 Å². The van der Waals surface area contributed by atoms with Crippen molar-refractivity contribution in [3.05, 3.63) is 0 Å². The molecule has 2 atom stereocenters. The quantitative estimate of drug-likeness (QED) is 0.728. The van der Waals surface area contributed by atoms with Crippen LogP contribution in [0.1, 0.15) is 54.4 Å². The molecule has 0 aliphatic heterocycles. The third kappa shape index (κ3) is 9.13. The molecule has 0 radical (unpaired) electrons. The molecule has 0 amide bonds. The molecular weight excluding hydrogens is 266 g/mol. The summed E-state index contributed by atoms with van der Waals surface area (Å²) in [4.78, 5) is 11.7. The molecule has 0 saturated heterocycles. The van der Waals surface area contributed by atoms with E-state index in [0.29, 0.717) is 6.42 Å². The van der Waals surface area contributed by atoms with E-state index >= 15 is 0 Å². The van der Waals surface area contributed by atoms with Gasteiger partial charge >= 0.3 is 5.97 Å². The molecule has 0 aliphatic carbocycles. The Bertz CT molecular complexity index is 318. The normalized spacial score (nSPS) is 15.9. The Morgan fingerprint density at radius 2 is 1.79 bits per heavy atom. The first-order valence-electron chi connectivity index (χ1n) is 6.46. The smallest absolute Gasteiger partial charge is 0.307 e. The summed E-state index contributed by atoms with van der Waals surface area (Å²) in [6.07, 6.45) is 0.459. The Hall–Kier alpha value is -0.460. The van der Waals surface area contributed by atoms with Crippen molar-refractivity contribution < 1.29 is 18.8 Å². The van der Waals surface area contributed by atoms with Crippen LogP contribution < -0.4 is 4.72 Å². The zero-order valence-corrected chi connectivity index (χ0v) is 13.6.